The molecule has 0 aromatic heterocycles. The predicted octanol–water partition coefficient (Wildman–Crippen LogP) is 2.43. The quantitative estimate of drug-likeness (QED) is 0.573. The highest BCUT2D eigenvalue weighted by molar-refractivity contribution is 7.81. The van der Waals surface area contributed by atoms with Gasteiger partial charge in [0.1, 0.15) is 5.75 Å². The van der Waals surface area contributed by atoms with Crippen molar-refractivity contribution in [3.8, 4) is 5.75 Å². The van der Waals surface area contributed by atoms with E-state index >= 15 is 0 Å². The third kappa shape index (κ3) is 3.76. The van der Waals surface area contributed by atoms with Crippen molar-refractivity contribution in [3.63, 3.8) is 0 Å². The van der Waals surface area contributed by atoms with Crippen LogP contribution in [0.3, 0.4) is 0 Å². The van der Waals surface area contributed by atoms with Gasteiger partial charge in [0, 0.05) is 5.69 Å². The molecule has 0 amide bonds. The van der Waals surface area contributed by atoms with Gasteiger partial charge in [0.15, 0.2) is 0 Å². The molecule has 0 radical (unpaired) electrons. The molecular weight excluding hydrogens is 252 g/mol. The van der Waals surface area contributed by atoms with E-state index in [-0.39, 0.29) is 5.75 Å². The maximum Gasteiger partial charge on any atom is 0.284 e. The average Bonchev–Trinajstić information content (AvgIpc) is 2.40. The first-order valence-electron chi connectivity index (χ1n) is 5.20. The van der Waals surface area contributed by atoms with Gasteiger partial charge in [-0.05, 0) is 36.4 Å². The molecule has 0 spiro atoms. The second-order valence-corrected chi connectivity index (χ2v) is 4.28. The lowest BCUT2D eigenvalue weighted by Gasteiger charge is -2.07. The lowest BCUT2D eigenvalue weighted by molar-refractivity contribution is 0.440. The van der Waals surface area contributed by atoms with E-state index in [1.165, 1.54) is 12.1 Å². The Morgan fingerprint density at radius 3 is 2.28 bits per heavy atom. The van der Waals surface area contributed by atoms with Gasteiger partial charge in [-0.15, -0.1) is 0 Å². The van der Waals surface area contributed by atoms with Crippen molar-refractivity contribution >= 4 is 22.6 Å². The van der Waals surface area contributed by atoms with Gasteiger partial charge >= 0.3 is 0 Å². The maximum atomic E-state index is 11.5. The summed E-state index contributed by atoms with van der Waals surface area (Å²) < 4.78 is 19.1. The van der Waals surface area contributed by atoms with Gasteiger partial charge in [-0.2, -0.15) is 4.28 Å². The zero-order chi connectivity index (χ0) is 12.8. The summed E-state index contributed by atoms with van der Waals surface area (Å²) in [5.41, 5.74) is 3.86. The molecule has 0 saturated heterocycles. The van der Waals surface area contributed by atoms with Gasteiger partial charge in [-0.25, -0.2) is 9.69 Å². The Kier molecular flexibility index (Phi) is 4.16. The number of phenolic OH excluding ortho intramolecular Hbond substituents is 1. The van der Waals surface area contributed by atoms with E-state index in [2.05, 4.69) is 10.2 Å². The normalized spacial score (nSPS) is 11.8. The third-order valence-corrected chi connectivity index (χ3v) is 2.71. The zero-order valence-electron chi connectivity index (χ0n) is 9.37. The fourth-order valence-electron chi connectivity index (χ4n) is 1.24. The SMILES string of the molecule is O=S(Nc1ccc(O)cc1)ONc1ccccc1. The van der Waals surface area contributed by atoms with Crippen LogP contribution in [0.2, 0.25) is 0 Å². The van der Waals surface area contributed by atoms with Gasteiger partial charge in [-0.3, -0.25) is 4.72 Å². The minimum absolute atomic E-state index is 0.148. The largest absolute Gasteiger partial charge is 0.508 e. The molecule has 1 unspecified atom stereocenters. The van der Waals surface area contributed by atoms with Gasteiger partial charge in [0.2, 0.25) is 0 Å². The molecular formula is C12H12N2O3S. The molecule has 0 aliphatic heterocycles. The summed E-state index contributed by atoms with van der Waals surface area (Å²) in [7, 11) is 0. The zero-order valence-corrected chi connectivity index (χ0v) is 10.2. The van der Waals surface area contributed by atoms with Crippen LogP contribution in [0.4, 0.5) is 11.4 Å². The Morgan fingerprint density at radius 1 is 0.944 bits per heavy atom. The van der Waals surface area contributed by atoms with E-state index in [1.807, 2.05) is 18.2 Å². The van der Waals surface area contributed by atoms with Gasteiger partial charge in [0.25, 0.3) is 11.3 Å². The van der Waals surface area contributed by atoms with Crippen LogP contribution in [0.25, 0.3) is 0 Å². The van der Waals surface area contributed by atoms with Crippen LogP contribution in [-0.2, 0) is 15.6 Å². The van der Waals surface area contributed by atoms with Crippen LogP contribution in [0.5, 0.6) is 5.75 Å². The molecule has 0 heterocycles. The van der Waals surface area contributed by atoms with Crippen LogP contribution in [-0.4, -0.2) is 9.32 Å². The van der Waals surface area contributed by atoms with Crippen molar-refractivity contribution in [2.75, 3.05) is 10.2 Å². The Hall–Kier alpha value is -2.05. The maximum absolute atomic E-state index is 11.5. The van der Waals surface area contributed by atoms with E-state index in [9.17, 15) is 4.21 Å². The van der Waals surface area contributed by atoms with Crippen LogP contribution in [0.1, 0.15) is 0 Å². The van der Waals surface area contributed by atoms with Crippen LogP contribution in [0, 0.1) is 0 Å². The van der Waals surface area contributed by atoms with E-state index in [0.29, 0.717) is 11.4 Å². The van der Waals surface area contributed by atoms with Crippen molar-refractivity contribution in [2.45, 2.75) is 0 Å². The molecule has 94 valence electrons. The van der Waals surface area contributed by atoms with E-state index in [1.54, 1.807) is 24.3 Å². The average molecular weight is 264 g/mol. The van der Waals surface area contributed by atoms with Crippen molar-refractivity contribution < 1.29 is 13.6 Å². The van der Waals surface area contributed by atoms with E-state index < -0.39 is 11.3 Å². The van der Waals surface area contributed by atoms with E-state index in [4.69, 9.17) is 9.39 Å². The number of hydrogen-bond acceptors (Lipinski definition) is 4. The first kappa shape index (κ1) is 12.4. The first-order valence-corrected chi connectivity index (χ1v) is 6.27. The fraction of sp³-hybridized carbons (Fsp3) is 0. The highest BCUT2D eigenvalue weighted by Crippen LogP contribution is 2.14. The molecule has 3 N–H and O–H groups in total. The first-order chi connectivity index (χ1) is 8.74. The number of benzene rings is 2. The summed E-state index contributed by atoms with van der Waals surface area (Å²) >= 11 is -1.72. The smallest absolute Gasteiger partial charge is 0.284 e. The summed E-state index contributed by atoms with van der Waals surface area (Å²) in [5, 5.41) is 9.10. The van der Waals surface area contributed by atoms with Crippen molar-refractivity contribution in [2.24, 2.45) is 0 Å². The van der Waals surface area contributed by atoms with Gasteiger partial charge in [-0.1, -0.05) is 18.2 Å². The highest BCUT2D eigenvalue weighted by atomic mass is 32.2. The molecule has 0 saturated carbocycles. The molecule has 0 aliphatic rings. The molecule has 0 bridgehead atoms. The molecule has 0 fully saturated rings. The number of anilines is 2. The van der Waals surface area contributed by atoms with Crippen LogP contribution in [0.15, 0.2) is 54.6 Å². The molecule has 2 aromatic carbocycles. The van der Waals surface area contributed by atoms with Crippen molar-refractivity contribution in [1.29, 1.82) is 0 Å². The second kappa shape index (κ2) is 6.04. The summed E-state index contributed by atoms with van der Waals surface area (Å²) in [6.45, 7) is 0. The second-order valence-electron chi connectivity index (χ2n) is 3.44. The standard InChI is InChI=1S/C12H12N2O3S/c15-12-8-6-11(7-9-12)14-18(16)17-13-10-4-2-1-3-5-10/h1-9,13-15H. The number of nitrogens with one attached hydrogen (secondary N) is 2. The summed E-state index contributed by atoms with van der Waals surface area (Å²) in [6.07, 6.45) is 0. The molecule has 5 nitrogen and oxygen atoms in total. The Labute approximate surface area is 107 Å². The number of hydrogen-bond donors (Lipinski definition) is 3. The summed E-state index contributed by atoms with van der Waals surface area (Å²) in [4.78, 5) is 0. The number of phenols is 1. The van der Waals surface area contributed by atoms with Crippen molar-refractivity contribution in [1.82, 2.24) is 0 Å². The Morgan fingerprint density at radius 2 is 1.61 bits per heavy atom. The minimum Gasteiger partial charge on any atom is -0.508 e. The van der Waals surface area contributed by atoms with E-state index in [0.717, 1.165) is 0 Å². The molecule has 1 atom stereocenters. The molecule has 6 heteroatoms. The number of aromatic hydroxyl groups is 1. The molecule has 2 rings (SSSR count). The Balaban J connectivity index is 1.84. The Bertz CT molecular complexity index is 517. The lowest BCUT2D eigenvalue weighted by atomic mass is 10.3. The number of rotatable bonds is 5. The summed E-state index contributed by atoms with van der Waals surface area (Å²) in [5.74, 6) is 0.148. The third-order valence-electron chi connectivity index (χ3n) is 2.08. The molecule has 18 heavy (non-hydrogen) atoms. The van der Waals surface area contributed by atoms with Crippen LogP contribution < -0.4 is 10.2 Å². The van der Waals surface area contributed by atoms with Gasteiger partial charge in [0.05, 0.1) is 5.69 Å². The monoisotopic (exact) mass is 264 g/mol. The topological polar surface area (TPSA) is 70.6 Å². The minimum atomic E-state index is -1.72. The summed E-state index contributed by atoms with van der Waals surface area (Å²) in [6, 6.07) is 15.3. The fourth-order valence-corrected chi connectivity index (χ4v) is 1.78. The predicted molar refractivity (Wildman–Crippen MR) is 71.0 cm³/mol. The molecule has 2 aromatic rings. The van der Waals surface area contributed by atoms with Crippen molar-refractivity contribution in [3.05, 3.63) is 54.6 Å². The number of para-hydroxylation sites is 1. The highest BCUT2D eigenvalue weighted by Gasteiger charge is 2.01. The lowest BCUT2D eigenvalue weighted by Crippen LogP contribution is -2.12. The van der Waals surface area contributed by atoms with Gasteiger partial charge < -0.3 is 5.11 Å². The van der Waals surface area contributed by atoms with Crippen LogP contribution >= 0.6 is 0 Å². The molecule has 0 aliphatic carbocycles.